The summed E-state index contributed by atoms with van der Waals surface area (Å²) >= 11 is 5.97. The van der Waals surface area contributed by atoms with E-state index in [9.17, 15) is 10.1 Å². The molecule has 4 rings (SSSR count). The number of nitrogens with two attached hydrogens (primary N) is 1. The van der Waals surface area contributed by atoms with Crippen LogP contribution in [0.15, 0.2) is 62.7 Å². The maximum atomic E-state index is 12.7. The molecule has 122 valence electrons. The van der Waals surface area contributed by atoms with Gasteiger partial charge in [0, 0.05) is 16.3 Å². The number of halogens is 1. The first-order chi connectivity index (χ1) is 12.1. The van der Waals surface area contributed by atoms with E-state index in [0.29, 0.717) is 27.2 Å². The minimum Gasteiger partial charge on any atom is -0.422 e. The summed E-state index contributed by atoms with van der Waals surface area (Å²) in [5.74, 6) is -1.13. The number of hydrogen-bond donors (Lipinski definition) is 1. The van der Waals surface area contributed by atoms with E-state index in [2.05, 4.69) is 11.1 Å². The van der Waals surface area contributed by atoms with E-state index in [1.165, 1.54) is 0 Å². The highest BCUT2D eigenvalue weighted by atomic mass is 35.5. The average Bonchev–Trinajstić information content (AvgIpc) is 2.61. The molecule has 6 heteroatoms. The minimum atomic E-state index is -0.752. The van der Waals surface area contributed by atoms with E-state index in [1.54, 1.807) is 36.4 Å². The monoisotopic (exact) mass is 349 g/mol. The first-order valence-electron chi connectivity index (χ1n) is 7.65. The van der Waals surface area contributed by atoms with Crippen molar-refractivity contribution in [1.82, 2.24) is 0 Å². The molecule has 0 amide bonds. The van der Waals surface area contributed by atoms with Crippen molar-refractivity contribution in [3.8, 4) is 6.07 Å². The van der Waals surface area contributed by atoms with Crippen LogP contribution in [0.1, 0.15) is 17.0 Å². The van der Waals surface area contributed by atoms with Gasteiger partial charge in [-0.25, -0.2) is 9.79 Å². The molecule has 2 atom stereocenters. The molecule has 25 heavy (non-hydrogen) atoms. The molecule has 1 aliphatic heterocycles. The lowest BCUT2D eigenvalue weighted by molar-refractivity contribution is 0.536. The van der Waals surface area contributed by atoms with Gasteiger partial charge < -0.3 is 10.2 Å². The Kier molecular flexibility index (Phi) is 3.56. The van der Waals surface area contributed by atoms with Crippen molar-refractivity contribution < 1.29 is 4.42 Å². The number of rotatable bonds is 1. The summed E-state index contributed by atoms with van der Waals surface area (Å²) in [6.07, 6.45) is 0. The van der Waals surface area contributed by atoms with Crippen molar-refractivity contribution in [2.75, 3.05) is 0 Å². The van der Waals surface area contributed by atoms with E-state index >= 15 is 0 Å². The molecular weight excluding hydrogens is 338 g/mol. The second kappa shape index (κ2) is 5.76. The fourth-order valence-electron chi connectivity index (χ4n) is 3.25. The fraction of sp³-hybridized carbons (Fsp3) is 0.105. The lowest BCUT2D eigenvalue weighted by Crippen LogP contribution is -2.34. The first kappa shape index (κ1) is 15.4. The van der Waals surface area contributed by atoms with Crippen molar-refractivity contribution in [3.05, 3.63) is 75.1 Å². The zero-order valence-corrected chi connectivity index (χ0v) is 13.7. The van der Waals surface area contributed by atoms with Gasteiger partial charge in [0.05, 0.1) is 17.3 Å². The van der Waals surface area contributed by atoms with E-state index < -0.39 is 17.5 Å². The molecule has 3 aromatic rings. The average molecular weight is 350 g/mol. The molecule has 0 fully saturated rings. The molecule has 1 aromatic heterocycles. The molecule has 0 bridgehead atoms. The molecule has 0 saturated heterocycles. The predicted octanol–water partition coefficient (Wildman–Crippen LogP) is 3.72. The number of nitriles is 1. The van der Waals surface area contributed by atoms with E-state index in [1.807, 2.05) is 12.1 Å². The molecule has 5 nitrogen and oxygen atoms in total. The Bertz CT molecular complexity index is 1110. The summed E-state index contributed by atoms with van der Waals surface area (Å²) in [6, 6.07) is 16.3. The van der Waals surface area contributed by atoms with Gasteiger partial charge in [-0.15, -0.1) is 0 Å². The van der Waals surface area contributed by atoms with Crippen molar-refractivity contribution in [3.63, 3.8) is 0 Å². The third-order valence-corrected chi connectivity index (χ3v) is 4.64. The highest BCUT2D eigenvalue weighted by Gasteiger charge is 2.37. The number of aliphatic imine (C=N–C) groups is 1. The first-order valence-corrected chi connectivity index (χ1v) is 8.03. The standard InChI is InChI=1S/C19H12ClN3O2/c20-11-7-5-10(6-8-11)15-13(9-21)18(22)23-17-12-3-1-2-4-14(12)25-19(24)16(15)17/h1-8,13,15H,(H2,22,23). The SMILES string of the molecule is N#CC1C(N)=Nc2c(c(=O)oc3ccccc23)C1c1ccc(Cl)cc1. The Labute approximate surface area is 148 Å². The summed E-state index contributed by atoms with van der Waals surface area (Å²) in [4.78, 5) is 17.1. The Morgan fingerprint density at radius 3 is 2.60 bits per heavy atom. The van der Waals surface area contributed by atoms with Gasteiger partial charge in [-0.2, -0.15) is 5.26 Å². The summed E-state index contributed by atoms with van der Waals surface area (Å²) in [7, 11) is 0. The van der Waals surface area contributed by atoms with Crippen molar-refractivity contribution in [1.29, 1.82) is 5.26 Å². The third kappa shape index (κ3) is 2.39. The van der Waals surface area contributed by atoms with Crippen LogP contribution in [0.3, 0.4) is 0 Å². The predicted molar refractivity (Wildman–Crippen MR) is 96.2 cm³/mol. The molecule has 2 aromatic carbocycles. The number of hydrogen-bond acceptors (Lipinski definition) is 5. The van der Waals surface area contributed by atoms with E-state index in [4.69, 9.17) is 21.8 Å². The van der Waals surface area contributed by atoms with E-state index in [0.717, 1.165) is 5.56 Å². The van der Waals surface area contributed by atoms with Gasteiger partial charge in [0.25, 0.3) is 0 Å². The van der Waals surface area contributed by atoms with Crippen LogP contribution in [-0.4, -0.2) is 5.84 Å². The summed E-state index contributed by atoms with van der Waals surface area (Å²) in [6.45, 7) is 0. The van der Waals surface area contributed by atoms with Crippen molar-refractivity contribution in [2.24, 2.45) is 16.6 Å². The second-order valence-corrected chi connectivity index (χ2v) is 6.26. The van der Waals surface area contributed by atoms with Crippen molar-refractivity contribution in [2.45, 2.75) is 5.92 Å². The molecule has 0 aliphatic carbocycles. The lowest BCUT2D eigenvalue weighted by Gasteiger charge is -2.27. The second-order valence-electron chi connectivity index (χ2n) is 5.82. The summed E-state index contributed by atoms with van der Waals surface area (Å²) < 4.78 is 5.46. The molecule has 0 spiro atoms. The number of para-hydroxylation sites is 1. The molecule has 1 aliphatic rings. The minimum absolute atomic E-state index is 0.186. The summed E-state index contributed by atoms with van der Waals surface area (Å²) in [5.41, 5.74) is 7.58. The molecule has 0 radical (unpaired) electrons. The van der Waals surface area contributed by atoms with Crippen LogP contribution in [0, 0.1) is 17.2 Å². The third-order valence-electron chi connectivity index (χ3n) is 4.39. The van der Waals surface area contributed by atoms with Gasteiger partial charge in [0.1, 0.15) is 17.3 Å². The maximum Gasteiger partial charge on any atom is 0.342 e. The normalized spacial score (nSPS) is 19.1. The van der Waals surface area contributed by atoms with Gasteiger partial charge in [0.2, 0.25) is 0 Å². The largest absolute Gasteiger partial charge is 0.422 e. The van der Waals surface area contributed by atoms with Gasteiger partial charge in [-0.1, -0.05) is 35.9 Å². The quantitative estimate of drug-likeness (QED) is 0.677. The van der Waals surface area contributed by atoms with Crippen LogP contribution in [0.25, 0.3) is 11.0 Å². The van der Waals surface area contributed by atoms with Crippen LogP contribution in [0.2, 0.25) is 5.02 Å². The van der Waals surface area contributed by atoms with Gasteiger partial charge in [-0.05, 0) is 29.8 Å². The molecular formula is C19H12ClN3O2. The van der Waals surface area contributed by atoms with Crippen molar-refractivity contribution >= 4 is 34.1 Å². The van der Waals surface area contributed by atoms with Gasteiger partial charge in [0.15, 0.2) is 0 Å². The van der Waals surface area contributed by atoms with Crippen LogP contribution < -0.4 is 11.4 Å². The Balaban J connectivity index is 2.08. The number of nitrogens with zero attached hydrogens (tertiary/aromatic N) is 2. The molecule has 2 unspecified atom stereocenters. The Hall–Kier alpha value is -3.10. The zero-order valence-electron chi connectivity index (χ0n) is 12.9. The highest BCUT2D eigenvalue weighted by Crippen LogP contribution is 2.42. The fourth-order valence-corrected chi connectivity index (χ4v) is 3.37. The highest BCUT2D eigenvalue weighted by molar-refractivity contribution is 6.30. The van der Waals surface area contributed by atoms with Crippen LogP contribution in [0.4, 0.5) is 5.69 Å². The van der Waals surface area contributed by atoms with Crippen LogP contribution in [0.5, 0.6) is 0 Å². The van der Waals surface area contributed by atoms with E-state index in [-0.39, 0.29) is 5.84 Å². The lowest BCUT2D eigenvalue weighted by atomic mass is 9.78. The van der Waals surface area contributed by atoms with Gasteiger partial charge >= 0.3 is 5.63 Å². The van der Waals surface area contributed by atoms with Crippen LogP contribution in [-0.2, 0) is 0 Å². The Morgan fingerprint density at radius 2 is 1.88 bits per heavy atom. The zero-order chi connectivity index (χ0) is 17.6. The number of amidine groups is 1. The smallest absolute Gasteiger partial charge is 0.342 e. The summed E-state index contributed by atoms with van der Waals surface area (Å²) in [5, 5.41) is 10.9. The molecule has 2 N–H and O–H groups in total. The molecule has 0 saturated carbocycles. The Morgan fingerprint density at radius 1 is 1.16 bits per heavy atom. The van der Waals surface area contributed by atoms with Gasteiger partial charge in [-0.3, -0.25) is 0 Å². The number of benzene rings is 2. The number of fused-ring (bicyclic) bond motifs is 3. The maximum absolute atomic E-state index is 12.7. The molecule has 2 heterocycles. The van der Waals surface area contributed by atoms with Crippen LogP contribution >= 0.6 is 11.6 Å². The topological polar surface area (TPSA) is 92.4 Å².